The van der Waals surface area contributed by atoms with Gasteiger partial charge in [0, 0.05) is 18.3 Å². The number of fused-ring (bicyclic) bond motifs is 2. The maximum absolute atomic E-state index is 6.05. The summed E-state index contributed by atoms with van der Waals surface area (Å²) in [5.41, 5.74) is 10.2. The molecule has 2 aromatic carbocycles. The molecule has 0 spiro atoms. The zero-order valence-electron chi connectivity index (χ0n) is 13.7. The third kappa shape index (κ3) is 2.88. The number of likely N-dealkylation sites (tertiary alicyclic amines) is 1. The zero-order valence-corrected chi connectivity index (χ0v) is 13.7. The lowest BCUT2D eigenvalue weighted by atomic mass is 9.63. The largest absolute Gasteiger partial charge is 0.399 e. The van der Waals surface area contributed by atoms with Crippen LogP contribution >= 0.6 is 0 Å². The van der Waals surface area contributed by atoms with Crippen molar-refractivity contribution in [1.29, 1.82) is 0 Å². The van der Waals surface area contributed by atoms with Crippen LogP contribution in [0, 0.1) is 0 Å². The number of nitrogens with two attached hydrogens (primary N) is 1. The molecule has 0 amide bonds. The Hall–Kier alpha value is -1.80. The van der Waals surface area contributed by atoms with Gasteiger partial charge in [0.1, 0.15) is 0 Å². The predicted molar refractivity (Wildman–Crippen MR) is 96.3 cm³/mol. The summed E-state index contributed by atoms with van der Waals surface area (Å²) in [6.07, 6.45) is 6.57. The average Bonchev–Trinajstić information content (AvgIpc) is 2.59. The fourth-order valence-corrected chi connectivity index (χ4v) is 4.71. The average molecular weight is 306 g/mol. The summed E-state index contributed by atoms with van der Waals surface area (Å²) in [7, 11) is 0. The van der Waals surface area contributed by atoms with Gasteiger partial charge in [0.2, 0.25) is 0 Å². The van der Waals surface area contributed by atoms with E-state index in [2.05, 4.69) is 53.4 Å². The molecule has 23 heavy (non-hydrogen) atoms. The van der Waals surface area contributed by atoms with Gasteiger partial charge in [-0.1, -0.05) is 48.9 Å². The van der Waals surface area contributed by atoms with Crippen molar-refractivity contribution in [2.75, 3.05) is 12.3 Å². The maximum atomic E-state index is 6.05. The van der Waals surface area contributed by atoms with Gasteiger partial charge in [-0.3, -0.25) is 4.90 Å². The van der Waals surface area contributed by atoms with Gasteiger partial charge >= 0.3 is 0 Å². The molecule has 2 nitrogen and oxygen atoms in total. The van der Waals surface area contributed by atoms with E-state index < -0.39 is 0 Å². The first-order chi connectivity index (χ1) is 11.3. The highest BCUT2D eigenvalue weighted by Gasteiger charge is 2.43. The first-order valence-corrected chi connectivity index (χ1v) is 8.89. The van der Waals surface area contributed by atoms with Crippen molar-refractivity contribution in [3.8, 4) is 0 Å². The molecule has 0 aromatic heterocycles. The molecule has 0 radical (unpaired) electrons. The Morgan fingerprint density at radius 3 is 2.74 bits per heavy atom. The van der Waals surface area contributed by atoms with Crippen LogP contribution in [0.25, 0.3) is 0 Å². The number of anilines is 1. The Balaban J connectivity index is 1.54. The van der Waals surface area contributed by atoms with E-state index in [9.17, 15) is 0 Å². The van der Waals surface area contributed by atoms with Crippen molar-refractivity contribution >= 4 is 5.69 Å². The number of piperidine rings is 1. The monoisotopic (exact) mass is 306 g/mol. The van der Waals surface area contributed by atoms with Crippen LogP contribution in [0.5, 0.6) is 0 Å². The van der Waals surface area contributed by atoms with Crippen molar-refractivity contribution in [3.05, 3.63) is 65.7 Å². The molecule has 2 bridgehead atoms. The first-order valence-electron chi connectivity index (χ1n) is 8.89. The van der Waals surface area contributed by atoms with Gasteiger partial charge in [0.25, 0.3) is 0 Å². The standard InChI is InChI=1S/C21H26N2/c22-19-9-4-8-18(14-19)21-11-5-10-20(15-21)23(13-12-21)16-17-6-2-1-3-7-17/h1-4,6-9,14,20H,5,10-13,15-16,22H2. The normalized spacial score (nSPS) is 27.7. The first kappa shape index (κ1) is 14.8. The number of rotatable bonds is 3. The Morgan fingerprint density at radius 2 is 1.91 bits per heavy atom. The lowest BCUT2D eigenvalue weighted by molar-refractivity contribution is 0.0459. The highest BCUT2D eigenvalue weighted by atomic mass is 15.2. The van der Waals surface area contributed by atoms with Crippen LogP contribution in [0.2, 0.25) is 0 Å². The van der Waals surface area contributed by atoms with E-state index in [0.29, 0.717) is 5.41 Å². The van der Waals surface area contributed by atoms with Gasteiger partial charge in [-0.25, -0.2) is 0 Å². The van der Waals surface area contributed by atoms with E-state index in [1.54, 1.807) is 0 Å². The Kier molecular flexibility index (Phi) is 3.86. The number of hydrogen-bond donors (Lipinski definition) is 1. The van der Waals surface area contributed by atoms with Gasteiger partial charge in [0.15, 0.2) is 0 Å². The SMILES string of the molecule is Nc1cccc(C23CCCC(C2)N(Cc2ccccc2)CC3)c1. The number of nitrogen functional groups attached to an aromatic ring is 1. The van der Waals surface area contributed by atoms with E-state index in [1.165, 1.54) is 49.8 Å². The minimum absolute atomic E-state index is 0.367. The molecule has 1 saturated carbocycles. The molecule has 2 N–H and O–H groups in total. The topological polar surface area (TPSA) is 29.3 Å². The smallest absolute Gasteiger partial charge is 0.0316 e. The quantitative estimate of drug-likeness (QED) is 0.854. The van der Waals surface area contributed by atoms with E-state index in [1.807, 2.05) is 6.07 Å². The highest BCUT2D eigenvalue weighted by molar-refractivity contribution is 5.44. The van der Waals surface area contributed by atoms with E-state index in [-0.39, 0.29) is 0 Å². The zero-order chi connectivity index (χ0) is 15.7. The van der Waals surface area contributed by atoms with Crippen molar-refractivity contribution in [2.45, 2.75) is 50.1 Å². The molecule has 1 saturated heterocycles. The maximum Gasteiger partial charge on any atom is 0.0316 e. The van der Waals surface area contributed by atoms with Gasteiger partial charge in [-0.05, 0) is 60.9 Å². The summed E-state index contributed by atoms with van der Waals surface area (Å²) in [6, 6.07) is 20.3. The summed E-state index contributed by atoms with van der Waals surface area (Å²) in [5, 5.41) is 0. The lowest BCUT2D eigenvalue weighted by Gasteiger charge is -2.51. The van der Waals surface area contributed by atoms with Crippen LogP contribution in [0.15, 0.2) is 54.6 Å². The Bertz CT molecular complexity index is 667. The molecule has 2 heteroatoms. The molecule has 1 aliphatic carbocycles. The molecule has 1 heterocycles. The summed E-state index contributed by atoms with van der Waals surface area (Å²) < 4.78 is 0. The molecule has 120 valence electrons. The number of nitrogens with zero attached hydrogens (tertiary/aromatic N) is 1. The summed E-state index contributed by atoms with van der Waals surface area (Å²) in [6.45, 7) is 2.30. The van der Waals surface area contributed by atoms with Crippen molar-refractivity contribution in [1.82, 2.24) is 4.90 Å². The second-order valence-corrected chi connectivity index (χ2v) is 7.36. The number of hydrogen-bond acceptors (Lipinski definition) is 2. The molecular weight excluding hydrogens is 280 g/mol. The van der Waals surface area contributed by atoms with Crippen LogP contribution in [0.4, 0.5) is 5.69 Å². The van der Waals surface area contributed by atoms with Gasteiger partial charge in [0.05, 0.1) is 0 Å². The van der Waals surface area contributed by atoms with Crippen LogP contribution in [0.3, 0.4) is 0 Å². The molecule has 2 fully saturated rings. The molecule has 4 rings (SSSR count). The molecule has 2 aromatic rings. The fourth-order valence-electron chi connectivity index (χ4n) is 4.71. The van der Waals surface area contributed by atoms with Crippen LogP contribution in [-0.4, -0.2) is 17.5 Å². The van der Waals surface area contributed by atoms with E-state index >= 15 is 0 Å². The van der Waals surface area contributed by atoms with E-state index in [0.717, 1.165) is 18.3 Å². The molecule has 2 atom stereocenters. The van der Waals surface area contributed by atoms with Gasteiger partial charge in [-0.15, -0.1) is 0 Å². The number of benzene rings is 2. The second kappa shape index (κ2) is 6.01. The Labute approximate surface area is 139 Å². The van der Waals surface area contributed by atoms with Crippen LogP contribution in [0.1, 0.15) is 43.2 Å². The molecule has 2 unspecified atom stereocenters. The molecular formula is C21H26N2. The summed E-state index contributed by atoms with van der Waals surface area (Å²) in [5.74, 6) is 0. The minimum Gasteiger partial charge on any atom is -0.399 e. The Morgan fingerprint density at radius 1 is 1.04 bits per heavy atom. The predicted octanol–water partition coefficient (Wildman–Crippen LogP) is 4.36. The van der Waals surface area contributed by atoms with Crippen LogP contribution < -0.4 is 5.73 Å². The third-order valence-corrected chi connectivity index (χ3v) is 5.94. The highest BCUT2D eigenvalue weighted by Crippen LogP contribution is 2.47. The van der Waals surface area contributed by atoms with Crippen molar-refractivity contribution < 1.29 is 0 Å². The third-order valence-electron chi connectivity index (χ3n) is 5.94. The fraction of sp³-hybridized carbons (Fsp3) is 0.429. The van der Waals surface area contributed by atoms with Crippen LogP contribution in [-0.2, 0) is 12.0 Å². The lowest BCUT2D eigenvalue weighted by Crippen LogP contribution is -2.51. The van der Waals surface area contributed by atoms with Crippen molar-refractivity contribution in [2.24, 2.45) is 0 Å². The summed E-state index contributed by atoms with van der Waals surface area (Å²) >= 11 is 0. The van der Waals surface area contributed by atoms with Gasteiger partial charge < -0.3 is 5.73 Å². The minimum atomic E-state index is 0.367. The molecule has 1 aliphatic heterocycles. The second-order valence-electron chi connectivity index (χ2n) is 7.36. The van der Waals surface area contributed by atoms with Crippen molar-refractivity contribution in [3.63, 3.8) is 0 Å². The summed E-state index contributed by atoms with van der Waals surface area (Å²) in [4.78, 5) is 2.71. The van der Waals surface area contributed by atoms with E-state index in [4.69, 9.17) is 5.73 Å². The molecule has 2 aliphatic rings. The van der Waals surface area contributed by atoms with Gasteiger partial charge in [-0.2, -0.15) is 0 Å².